The highest BCUT2D eigenvalue weighted by atomic mass is 16.2. The predicted octanol–water partition coefficient (Wildman–Crippen LogP) is 3.04. The summed E-state index contributed by atoms with van der Waals surface area (Å²) in [7, 11) is 2.14. The standard InChI is InChI=1S/C22H26N4O2/c1-25-12-14-26(15-13-25)20-10-8-19(9-11-20)24-22(28)17-4-6-18(7-5-17)23-21(27)16-2-3-16/h4-11,16H,2-3,12-15H2,1H3,(H,23,27)(H,24,28). The van der Waals surface area contributed by atoms with Gasteiger partial charge in [0.05, 0.1) is 0 Å². The maximum Gasteiger partial charge on any atom is 0.255 e. The Kier molecular flexibility index (Phi) is 5.30. The van der Waals surface area contributed by atoms with E-state index in [-0.39, 0.29) is 17.7 Å². The smallest absolute Gasteiger partial charge is 0.255 e. The highest BCUT2D eigenvalue weighted by Crippen LogP contribution is 2.30. The van der Waals surface area contributed by atoms with Crippen molar-refractivity contribution in [2.24, 2.45) is 5.92 Å². The highest BCUT2D eigenvalue weighted by Gasteiger charge is 2.29. The first-order valence-corrected chi connectivity index (χ1v) is 9.84. The third-order valence-electron chi connectivity index (χ3n) is 5.36. The van der Waals surface area contributed by atoms with Crippen LogP contribution in [0.5, 0.6) is 0 Å². The molecule has 2 aliphatic rings. The molecule has 0 bridgehead atoms. The lowest BCUT2D eigenvalue weighted by Gasteiger charge is -2.34. The zero-order valence-electron chi connectivity index (χ0n) is 16.1. The first-order valence-electron chi connectivity index (χ1n) is 9.84. The van der Waals surface area contributed by atoms with Gasteiger partial charge in [-0.1, -0.05) is 0 Å². The van der Waals surface area contributed by atoms with Gasteiger partial charge in [0.1, 0.15) is 0 Å². The number of amides is 2. The van der Waals surface area contributed by atoms with Crippen LogP contribution < -0.4 is 15.5 Å². The van der Waals surface area contributed by atoms with Crippen molar-refractivity contribution in [1.29, 1.82) is 0 Å². The highest BCUT2D eigenvalue weighted by molar-refractivity contribution is 6.04. The van der Waals surface area contributed by atoms with Crippen molar-refractivity contribution in [2.45, 2.75) is 12.8 Å². The molecular weight excluding hydrogens is 352 g/mol. The minimum Gasteiger partial charge on any atom is -0.369 e. The maximum atomic E-state index is 12.5. The number of nitrogens with zero attached hydrogens (tertiary/aromatic N) is 2. The summed E-state index contributed by atoms with van der Waals surface area (Å²) in [5, 5.41) is 5.81. The third kappa shape index (κ3) is 4.51. The van der Waals surface area contributed by atoms with Crippen molar-refractivity contribution < 1.29 is 9.59 Å². The molecule has 1 saturated carbocycles. The van der Waals surface area contributed by atoms with Crippen LogP contribution in [0, 0.1) is 5.92 Å². The van der Waals surface area contributed by atoms with E-state index in [1.54, 1.807) is 24.3 Å². The van der Waals surface area contributed by atoms with Crippen molar-refractivity contribution in [1.82, 2.24) is 4.90 Å². The van der Waals surface area contributed by atoms with E-state index >= 15 is 0 Å². The number of rotatable bonds is 5. The Hall–Kier alpha value is -2.86. The summed E-state index contributed by atoms with van der Waals surface area (Å²) in [5.41, 5.74) is 3.24. The minimum absolute atomic E-state index is 0.0673. The Morgan fingerprint density at radius 3 is 2.00 bits per heavy atom. The lowest BCUT2D eigenvalue weighted by atomic mass is 10.1. The molecule has 2 amide bonds. The molecule has 4 rings (SSSR count). The zero-order chi connectivity index (χ0) is 19.5. The number of piperazine rings is 1. The predicted molar refractivity (Wildman–Crippen MR) is 112 cm³/mol. The second-order valence-electron chi connectivity index (χ2n) is 7.63. The fourth-order valence-electron chi connectivity index (χ4n) is 3.32. The number of carbonyl (C=O) groups excluding carboxylic acids is 2. The molecule has 1 saturated heterocycles. The Labute approximate surface area is 165 Å². The molecule has 0 atom stereocenters. The van der Waals surface area contributed by atoms with E-state index in [1.165, 1.54) is 5.69 Å². The van der Waals surface area contributed by atoms with E-state index in [0.717, 1.165) is 50.4 Å². The molecule has 6 heteroatoms. The van der Waals surface area contributed by atoms with Crippen LogP contribution in [-0.2, 0) is 4.79 Å². The van der Waals surface area contributed by atoms with Crippen molar-refractivity contribution in [3.63, 3.8) is 0 Å². The van der Waals surface area contributed by atoms with Crippen LogP contribution in [0.25, 0.3) is 0 Å². The normalized spacial score (nSPS) is 17.2. The summed E-state index contributed by atoms with van der Waals surface area (Å²) in [6.07, 6.45) is 1.94. The molecule has 146 valence electrons. The van der Waals surface area contributed by atoms with Crippen LogP contribution in [0.4, 0.5) is 17.1 Å². The van der Waals surface area contributed by atoms with Crippen LogP contribution >= 0.6 is 0 Å². The molecule has 0 aromatic heterocycles. The Morgan fingerprint density at radius 1 is 0.821 bits per heavy atom. The van der Waals surface area contributed by atoms with Crippen LogP contribution in [-0.4, -0.2) is 49.9 Å². The molecule has 2 aromatic carbocycles. The molecule has 6 nitrogen and oxygen atoms in total. The monoisotopic (exact) mass is 378 g/mol. The molecular formula is C22H26N4O2. The summed E-state index contributed by atoms with van der Waals surface area (Å²) >= 11 is 0. The second kappa shape index (κ2) is 8.02. The number of hydrogen-bond acceptors (Lipinski definition) is 4. The van der Waals surface area contributed by atoms with Gasteiger partial charge in [-0.3, -0.25) is 9.59 Å². The van der Waals surface area contributed by atoms with Gasteiger partial charge < -0.3 is 20.4 Å². The summed E-state index contributed by atoms with van der Waals surface area (Å²) < 4.78 is 0. The van der Waals surface area contributed by atoms with Gasteiger partial charge in [-0.2, -0.15) is 0 Å². The van der Waals surface area contributed by atoms with Crippen LogP contribution in [0.15, 0.2) is 48.5 Å². The third-order valence-corrected chi connectivity index (χ3v) is 5.36. The fraction of sp³-hybridized carbons (Fsp3) is 0.364. The van der Waals surface area contributed by atoms with Crippen molar-refractivity contribution >= 4 is 28.9 Å². The van der Waals surface area contributed by atoms with Crippen molar-refractivity contribution in [3.8, 4) is 0 Å². The van der Waals surface area contributed by atoms with Crippen molar-refractivity contribution in [3.05, 3.63) is 54.1 Å². The largest absolute Gasteiger partial charge is 0.369 e. The van der Waals surface area contributed by atoms with Gasteiger partial charge in [-0.05, 0) is 68.4 Å². The molecule has 0 unspecified atom stereocenters. The summed E-state index contributed by atoms with van der Waals surface area (Å²) in [5.74, 6) is 0.0712. The van der Waals surface area contributed by atoms with E-state index in [0.29, 0.717) is 5.56 Å². The number of benzene rings is 2. The molecule has 1 aliphatic heterocycles. The molecule has 0 spiro atoms. The Balaban J connectivity index is 1.33. The van der Waals surface area contributed by atoms with Gasteiger partial charge in [0.2, 0.25) is 5.91 Å². The zero-order valence-corrected chi connectivity index (χ0v) is 16.1. The van der Waals surface area contributed by atoms with E-state index in [9.17, 15) is 9.59 Å². The average Bonchev–Trinajstić information content (AvgIpc) is 3.55. The topological polar surface area (TPSA) is 64.7 Å². The van der Waals surface area contributed by atoms with E-state index in [1.807, 2.05) is 12.1 Å². The summed E-state index contributed by atoms with van der Waals surface area (Å²) in [4.78, 5) is 29.0. The second-order valence-corrected chi connectivity index (χ2v) is 7.63. The average molecular weight is 378 g/mol. The molecule has 1 aliphatic carbocycles. The quantitative estimate of drug-likeness (QED) is 0.839. The number of likely N-dealkylation sites (N-methyl/N-ethyl adjacent to an activating group) is 1. The number of nitrogens with one attached hydrogen (secondary N) is 2. The number of hydrogen-bond donors (Lipinski definition) is 2. The van der Waals surface area contributed by atoms with Gasteiger partial charge in [-0.25, -0.2) is 0 Å². The molecule has 2 fully saturated rings. The Bertz CT molecular complexity index is 836. The number of carbonyl (C=O) groups is 2. The van der Waals surface area contributed by atoms with E-state index in [4.69, 9.17) is 0 Å². The molecule has 2 aromatic rings. The molecule has 1 heterocycles. The first-order chi connectivity index (χ1) is 13.6. The Morgan fingerprint density at radius 2 is 1.39 bits per heavy atom. The van der Waals surface area contributed by atoms with E-state index in [2.05, 4.69) is 39.6 Å². The summed E-state index contributed by atoms with van der Waals surface area (Å²) in [6, 6.07) is 15.0. The molecule has 0 radical (unpaired) electrons. The van der Waals surface area contributed by atoms with Crippen molar-refractivity contribution in [2.75, 3.05) is 48.8 Å². The SMILES string of the molecule is CN1CCN(c2ccc(NC(=O)c3ccc(NC(=O)C4CC4)cc3)cc2)CC1. The lowest BCUT2D eigenvalue weighted by Crippen LogP contribution is -2.44. The molecule has 2 N–H and O–H groups in total. The van der Waals surface area contributed by atoms with Crippen LogP contribution in [0.1, 0.15) is 23.2 Å². The van der Waals surface area contributed by atoms with Gasteiger partial charge in [0.25, 0.3) is 5.91 Å². The van der Waals surface area contributed by atoms with Crippen LogP contribution in [0.3, 0.4) is 0 Å². The first kappa shape index (κ1) is 18.5. The van der Waals surface area contributed by atoms with E-state index < -0.39 is 0 Å². The minimum atomic E-state index is -0.160. The summed E-state index contributed by atoms with van der Waals surface area (Å²) in [6.45, 7) is 4.17. The fourth-order valence-corrected chi connectivity index (χ4v) is 3.32. The maximum absolute atomic E-state index is 12.5. The number of anilines is 3. The molecule has 28 heavy (non-hydrogen) atoms. The van der Waals surface area contributed by atoms with Gasteiger partial charge in [0, 0.05) is 54.7 Å². The van der Waals surface area contributed by atoms with Gasteiger partial charge in [0.15, 0.2) is 0 Å². The van der Waals surface area contributed by atoms with Crippen LogP contribution in [0.2, 0.25) is 0 Å². The van der Waals surface area contributed by atoms with Gasteiger partial charge >= 0.3 is 0 Å². The van der Waals surface area contributed by atoms with Gasteiger partial charge in [-0.15, -0.1) is 0 Å². The lowest BCUT2D eigenvalue weighted by molar-refractivity contribution is -0.117.